The Kier molecular flexibility index (Phi) is 4.15. The summed E-state index contributed by atoms with van der Waals surface area (Å²) in [5, 5.41) is 11.7. The van der Waals surface area contributed by atoms with Crippen LogP contribution in [0.15, 0.2) is 18.2 Å². The minimum atomic E-state index is -0.174. The first-order valence-corrected chi connectivity index (χ1v) is 6.92. The molecule has 0 aromatic heterocycles. The number of hydrogen-bond donors (Lipinski definition) is 2. The molecule has 3 nitrogen and oxygen atoms in total. The zero-order valence-electron chi connectivity index (χ0n) is 12.3. The van der Waals surface area contributed by atoms with Crippen molar-refractivity contribution in [3.05, 3.63) is 34.9 Å². The van der Waals surface area contributed by atoms with Gasteiger partial charge in [-0.05, 0) is 42.4 Å². The van der Waals surface area contributed by atoms with Gasteiger partial charge in [-0.2, -0.15) is 0 Å². The van der Waals surface area contributed by atoms with Crippen LogP contribution >= 0.6 is 0 Å². The summed E-state index contributed by atoms with van der Waals surface area (Å²) < 4.78 is 0. The highest BCUT2D eigenvalue weighted by atomic mass is 16.2. The average Bonchev–Trinajstić information content (AvgIpc) is 3.02. The number of amides is 1. The van der Waals surface area contributed by atoms with Crippen LogP contribution in [0.3, 0.4) is 0 Å². The molecule has 1 unspecified atom stereocenters. The second kappa shape index (κ2) is 5.68. The van der Waals surface area contributed by atoms with Gasteiger partial charge in [0.15, 0.2) is 0 Å². The summed E-state index contributed by atoms with van der Waals surface area (Å²) in [5.41, 5.74) is 2.79. The topological polar surface area (TPSA) is 49.3 Å². The Bertz CT molecular complexity index is 578. The van der Waals surface area contributed by atoms with E-state index < -0.39 is 0 Å². The molecule has 2 rings (SSSR count). The summed E-state index contributed by atoms with van der Waals surface area (Å²) in [7, 11) is 0. The largest absolute Gasteiger partial charge is 0.384 e. The van der Waals surface area contributed by atoms with Crippen molar-refractivity contribution in [2.24, 2.45) is 11.3 Å². The first-order valence-electron chi connectivity index (χ1n) is 6.92. The molecule has 0 aliphatic heterocycles. The molecule has 0 spiro atoms. The highest BCUT2D eigenvalue weighted by Crippen LogP contribution is 2.50. The molecule has 1 amide bonds. The molecule has 1 fully saturated rings. The minimum absolute atomic E-state index is 0.0558. The van der Waals surface area contributed by atoms with E-state index in [-0.39, 0.29) is 12.5 Å². The van der Waals surface area contributed by atoms with Crippen molar-refractivity contribution < 1.29 is 9.90 Å². The second-order valence-electron chi connectivity index (χ2n) is 6.09. The first-order chi connectivity index (χ1) is 9.44. The maximum atomic E-state index is 12.1. The van der Waals surface area contributed by atoms with Crippen LogP contribution in [0.5, 0.6) is 0 Å². The van der Waals surface area contributed by atoms with Gasteiger partial charge in [-0.1, -0.05) is 31.8 Å². The average molecular weight is 271 g/mol. The molecule has 1 aromatic rings. The van der Waals surface area contributed by atoms with E-state index in [9.17, 15) is 4.79 Å². The molecular weight excluding hydrogens is 250 g/mol. The van der Waals surface area contributed by atoms with E-state index in [1.54, 1.807) is 6.07 Å². The van der Waals surface area contributed by atoms with Gasteiger partial charge in [-0.25, -0.2) is 0 Å². The Morgan fingerprint density at radius 1 is 1.50 bits per heavy atom. The molecule has 2 N–H and O–H groups in total. The van der Waals surface area contributed by atoms with E-state index in [0.29, 0.717) is 16.9 Å². The van der Waals surface area contributed by atoms with Crippen molar-refractivity contribution in [3.8, 4) is 11.8 Å². The molecule has 1 atom stereocenters. The maximum absolute atomic E-state index is 12.1. The molecule has 106 valence electrons. The summed E-state index contributed by atoms with van der Waals surface area (Å²) in [6.07, 6.45) is 1.18. The lowest BCUT2D eigenvalue weighted by molar-refractivity contribution is 0.0950. The molecule has 0 heterocycles. The van der Waals surface area contributed by atoms with Gasteiger partial charge in [-0.3, -0.25) is 4.79 Å². The fourth-order valence-electron chi connectivity index (χ4n) is 2.28. The number of rotatable bonds is 3. The van der Waals surface area contributed by atoms with Crippen molar-refractivity contribution in [2.75, 3.05) is 13.2 Å². The highest BCUT2D eigenvalue weighted by molar-refractivity contribution is 5.94. The molecule has 20 heavy (non-hydrogen) atoms. The number of aliphatic hydroxyl groups excluding tert-OH is 1. The number of hydrogen-bond acceptors (Lipinski definition) is 2. The number of carbonyl (C=O) groups is 1. The Balaban J connectivity index is 2.02. The molecule has 0 radical (unpaired) electrons. The van der Waals surface area contributed by atoms with Crippen molar-refractivity contribution in [1.29, 1.82) is 0 Å². The van der Waals surface area contributed by atoms with Gasteiger partial charge in [0, 0.05) is 17.7 Å². The summed E-state index contributed by atoms with van der Waals surface area (Å²) in [5.74, 6) is 6.02. The number of benzene rings is 1. The Labute approximate surface area is 120 Å². The lowest BCUT2D eigenvalue weighted by Gasteiger charge is -2.08. The minimum Gasteiger partial charge on any atom is -0.384 e. The number of carbonyl (C=O) groups excluding carboxylic acids is 1. The summed E-state index contributed by atoms with van der Waals surface area (Å²) in [6.45, 7) is 6.94. The van der Waals surface area contributed by atoms with Crippen molar-refractivity contribution in [2.45, 2.75) is 27.2 Å². The fourth-order valence-corrected chi connectivity index (χ4v) is 2.28. The van der Waals surface area contributed by atoms with E-state index in [0.717, 1.165) is 17.7 Å². The van der Waals surface area contributed by atoms with E-state index >= 15 is 0 Å². The standard InChI is InChI=1S/C17H21NO2/c1-12-6-7-14(9-13(12)5-4-8-19)16(20)18-11-15-10-17(15,2)3/h6-7,9,15,19H,8,10-11H2,1-3H3,(H,18,20). The number of aryl methyl sites for hydroxylation is 1. The quantitative estimate of drug-likeness (QED) is 0.827. The lowest BCUT2D eigenvalue weighted by Crippen LogP contribution is -2.26. The first kappa shape index (κ1) is 14.6. The van der Waals surface area contributed by atoms with Gasteiger partial charge in [0.2, 0.25) is 0 Å². The van der Waals surface area contributed by atoms with Gasteiger partial charge >= 0.3 is 0 Å². The predicted molar refractivity (Wildman–Crippen MR) is 79.4 cm³/mol. The van der Waals surface area contributed by atoms with E-state index in [4.69, 9.17) is 5.11 Å². The summed E-state index contributed by atoms with van der Waals surface area (Å²) in [4.78, 5) is 12.1. The molecule has 0 saturated heterocycles. The number of aliphatic hydroxyl groups is 1. The van der Waals surface area contributed by atoms with Crippen LogP contribution in [0.25, 0.3) is 0 Å². The zero-order valence-corrected chi connectivity index (χ0v) is 12.3. The van der Waals surface area contributed by atoms with Crippen molar-refractivity contribution in [3.63, 3.8) is 0 Å². The predicted octanol–water partition coefficient (Wildman–Crippen LogP) is 2.11. The molecule has 0 bridgehead atoms. The van der Waals surface area contributed by atoms with Gasteiger partial charge < -0.3 is 10.4 Å². The normalized spacial score (nSPS) is 18.9. The van der Waals surface area contributed by atoms with Crippen LogP contribution < -0.4 is 5.32 Å². The Morgan fingerprint density at radius 3 is 2.80 bits per heavy atom. The molecule has 3 heteroatoms. The van der Waals surface area contributed by atoms with Crippen LogP contribution in [0.1, 0.15) is 41.8 Å². The molecule has 1 aromatic carbocycles. The van der Waals surface area contributed by atoms with Gasteiger partial charge in [-0.15, -0.1) is 0 Å². The van der Waals surface area contributed by atoms with Crippen molar-refractivity contribution >= 4 is 5.91 Å². The van der Waals surface area contributed by atoms with Gasteiger partial charge in [0.25, 0.3) is 5.91 Å². The van der Waals surface area contributed by atoms with Crippen LogP contribution in [0.2, 0.25) is 0 Å². The monoisotopic (exact) mass is 271 g/mol. The zero-order chi connectivity index (χ0) is 14.8. The maximum Gasteiger partial charge on any atom is 0.251 e. The molecular formula is C17H21NO2. The fraction of sp³-hybridized carbons (Fsp3) is 0.471. The second-order valence-corrected chi connectivity index (χ2v) is 6.09. The molecule has 1 aliphatic carbocycles. The third kappa shape index (κ3) is 3.40. The molecule has 1 aliphatic rings. The van der Waals surface area contributed by atoms with Gasteiger partial charge in [0.05, 0.1) is 0 Å². The van der Waals surface area contributed by atoms with E-state index in [1.807, 2.05) is 19.1 Å². The van der Waals surface area contributed by atoms with Crippen LogP contribution in [-0.2, 0) is 0 Å². The summed E-state index contributed by atoms with van der Waals surface area (Å²) >= 11 is 0. The SMILES string of the molecule is Cc1ccc(C(=O)NCC2CC2(C)C)cc1C#CCO. The Morgan fingerprint density at radius 2 is 2.20 bits per heavy atom. The smallest absolute Gasteiger partial charge is 0.251 e. The Hall–Kier alpha value is -1.79. The van der Waals surface area contributed by atoms with E-state index in [1.165, 1.54) is 6.42 Å². The third-order valence-corrected chi connectivity index (χ3v) is 4.03. The number of nitrogens with one attached hydrogen (secondary N) is 1. The lowest BCUT2D eigenvalue weighted by atomic mass is 10.0. The van der Waals surface area contributed by atoms with Gasteiger partial charge in [0.1, 0.15) is 6.61 Å². The van der Waals surface area contributed by atoms with Crippen molar-refractivity contribution in [1.82, 2.24) is 5.32 Å². The van der Waals surface area contributed by atoms with Crippen LogP contribution in [0, 0.1) is 30.1 Å². The van der Waals surface area contributed by atoms with Crippen LogP contribution in [-0.4, -0.2) is 24.2 Å². The van der Waals surface area contributed by atoms with Crippen LogP contribution in [0.4, 0.5) is 0 Å². The van der Waals surface area contributed by atoms with E-state index in [2.05, 4.69) is 31.0 Å². The third-order valence-electron chi connectivity index (χ3n) is 4.03. The molecule has 1 saturated carbocycles. The summed E-state index contributed by atoms with van der Waals surface area (Å²) in [6, 6.07) is 5.48. The highest BCUT2D eigenvalue weighted by Gasteiger charge is 2.45.